The topological polar surface area (TPSA) is 12.0 Å². The van der Waals surface area contributed by atoms with Gasteiger partial charge in [-0.25, -0.2) is 0 Å². The van der Waals surface area contributed by atoms with Gasteiger partial charge >= 0.3 is 0 Å². The van der Waals surface area contributed by atoms with Gasteiger partial charge in [0.1, 0.15) is 0 Å². The summed E-state index contributed by atoms with van der Waals surface area (Å²) in [6.45, 7) is 0.726. The van der Waals surface area contributed by atoms with E-state index in [-0.39, 0.29) is 0 Å². The Morgan fingerprint density at radius 1 is 0.645 bits per heavy atom. The number of hydrogen-bond acceptors (Lipinski definition) is 1. The Hall–Kier alpha value is -3.00. The van der Waals surface area contributed by atoms with Gasteiger partial charge in [-0.05, 0) is 46.9 Å². The minimum Gasteiger partial charge on any atom is -0.381 e. The average Bonchev–Trinajstić information content (AvgIpc) is 2.80. The van der Waals surface area contributed by atoms with E-state index >= 15 is 0 Å². The van der Waals surface area contributed by atoms with Gasteiger partial charge in [0.2, 0.25) is 0 Å². The Bertz CT molecular complexity index is 1130. The van der Waals surface area contributed by atoms with Gasteiger partial charge in [0.05, 0.1) is 0 Å². The highest BCUT2D eigenvalue weighted by Crippen LogP contribution is 2.24. The Morgan fingerprint density at radius 2 is 1.23 bits per heavy atom. The van der Waals surface area contributed by atoms with Crippen molar-refractivity contribution in [1.82, 2.24) is 5.32 Å². The summed E-state index contributed by atoms with van der Waals surface area (Å²) < 4.78 is 0. The molecule has 31 heavy (non-hydrogen) atoms. The van der Waals surface area contributed by atoms with E-state index in [1.807, 2.05) is 36.4 Å². The van der Waals surface area contributed by atoms with E-state index < -0.39 is 0 Å². The number of nitrogens with one attached hydrogen (secondary N) is 1. The first-order chi connectivity index (χ1) is 15.2. The van der Waals surface area contributed by atoms with Crippen LogP contribution in [0.25, 0.3) is 16.8 Å². The zero-order valence-corrected chi connectivity index (χ0v) is 18.6. The molecule has 0 aliphatic carbocycles. The summed E-state index contributed by atoms with van der Waals surface area (Å²) in [5, 5.41) is 4.81. The summed E-state index contributed by atoms with van der Waals surface area (Å²) in [4.78, 5) is 0. The van der Waals surface area contributed by atoms with Crippen LogP contribution in [0.1, 0.15) is 16.7 Å². The first-order valence-electron chi connectivity index (χ1n) is 10.3. The Balaban J connectivity index is 1.55. The highest BCUT2D eigenvalue weighted by molar-refractivity contribution is 6.34. The van der Waals surface area contributed by atoms with Crippen molar-refractivity contribution >= 4 is 28.9 Å². The molecule has 4 aromatic carbocycles. The number of hydrogen-bond donors (Lipinski definition) is 1. The van der Waals surface area contributed by atoms with Crippen LogP contribution in [0.2, 0.25) is 10.0 Å². The van der Waals surface area contributed by atoms with Gasteiger partial charge in [0, 0.05) is 27.9 Å². The number of allylic oxidation sites excluding steroid dienone is 1. The SMILES string of the molecule is Clc1cc(Cl)cc(/C(=C/Cc2ccc(-c3ccccc3)cc2)NCc2ccccc2)c1. The van der Waals surface area contributed by atoms with Crippen LogP contribution in [0.4, 0.5) is 0 Å². The monoisotopic (exact) mass is 443 g/mol. The number of rotatable bonds is 7. The van der Waals surface area contributed by atoms with E-state index in [4.69, 9.17) is 23.2 Å². The van der Waals surface area contributed by atoms with E-state index in [0.717, 1.165) is 24.2 Å². The summed E-state index contributed by atoms with van der Waals surface area (Å²) >= 11 is 12.5. The first kappa shape index (κ1) is 21.2. The Morgan fingerprint density at radius 3 is 1.87 bits per heavy atom. The van der Waals surface area contributed by atoms with Gasteiger partial charge in [-0.1, -0.05) is 114 Å². The molecule has 0 spiro atoms. The molecule has 0 aliphatic rings. The Labute approximate surface area is 194 Å². The third-order valence-electron chi connectivity index (χ3n) is 5.10. The fourth-order valence-corrected chi connectivity index (χ4v) is 4.00. The summed E-state index contributed by atoms with van der Waals surface area (Å²) in [6.07, 6.45) is 3.00. The quantitative estimate of drug-likeness (QED) is 0.304. The molecular formula is C28H23Cl2N. The van der Waals surface area contributed by atoms with Crippen LogP contribution in [-0.2, 0) is 13.0 Å². The molecule has 0 saturated carbocycles. The maximum Gasteiger partial charge on any atom is 0.0427 e. The van der Waals surface area contributed by atoms with Gasteiger partial charge < -0.3 is 5.32 Å². The van der Waals surface area contributed by atoms with Crippen LogP contribution in [0.5, 0.6) is 0 Å². The molecule has 0 atom stereocenters. The molecular weight excluding hydrogens is 421 g/mol. The smallest absolute Gasteiger partial charge is 0.0427 e. The van der Waals surface area contributed by atoms with Gasteiger partial charge in [-0.2, -0.15) is 0 Å². The van der Waals surface area contributed by atoms with Crippen LogP contribution in [0.3, 0.4) is 0 Å². The van der Waals surface area contributed by atoms with Crippen LogP contribution >= 0.6 is 23.2 Å². The summed E-state index contributed by atoms with van der Waals surface area (Å²) in [7, 11) is 0. The molecule has 4 rings (SSSR count). The van der Waals surface area contributed by atoms with Crippen molar-refractivity contribution in [1.29, 1.82) is 0 Å². The van der Waals surface area contributed by atoms with Crippen molar-refractivity contribution in [2.45, 2.75) is 13.0 Å². The maximum absolute atomic E-state index is 6.26. The predicted molar refractivity (Wildman–Crippen MR) is 133 cm³/mol. The van der Waals surface area contributed by atoms with Crippen molar-refractivity contribution < 1.29 is 0 Å². The predicted octanol–water partition coefficient (Wildman–Crippen LogP) is 8.03. The number of benzene rings is 4. The third kappa shape index (κ3) is 6.01. The fraction of sp³-hybridized carbons (Fsp3) is 0.0714. The lowest BCUT2D eigenvalue weighted by molar-refractivity contribution is 0.886. The standard InChI is InChI=1S/C28H23Cl2N/c29-26-17-25(18-27(30)19-26)28(31-20-22-7-3-1-4-8-22)16-13-21-11-14-24(15-12-21)23-9-5-2-6-10-23/h1-12,14-19,31H,13,20H2/b28-16-. The second-order valence-electron chi connectivity index (χ2n) is 7.38. The lowest BCUT2D eigenvalue weighted by atomic mass is 10.0. The van der Waals surface area contributed by atoms with E-state index in [2.05, 4.69) is 72.1 Å². The first-order valence-corrected chi connectivity index (χ1v) is 11.0. The van der Waals surface area contributed by atoms with Crippen molar-refractivity contribution in [3.05, 3.63) is 136 Å². The highest BCUT2D eigenvalue weighted by Gasteiger charge is 2.06. The largest absolute Gasteiger partial charge is 0.381 e. The van der Waals surface area contributed by atoms with Crippen LogP contribution in [0.15, 0.2) is 109 Å². The zero-order valence-electron chi connectivity index (χ0n) is 17.1. The summed E-state index contributed by atoms with van der Waals surface area (Å²) in [5.41, 5.74) is 6.90. The molecule has 0 aliphatic heterocycles. The van der Waals surface area contributed by atoms with Crippen molar-refractivity contribution in [3.63, 3.8) is 0 Å². The molecule has 0 aromatic heterocycles. The van der Waals surface area contributed by atoms with Gasteiger partial charge in [-0.3, -0.25) is 0 Å². The van der Waals surface area contributed by atoms with E-state index in [1.54, 1.807) is 6.07 Å². The lowest BCUT2D eigenvalue weighted by Gasteiger charge is -2.13. The molecule has 0 heterocycles. The normalized spacial score (nSPS) is 11.4. The van der Waals surface area contributed by atoms with E-state index in [0.29, 0.717) is 10.0 Å². The molecule has 0 amide bonds. The second-order valence-corrected chi connectivity index (χ2v) is 8.26. The second kappa shape index (κ2) is 10.3. The van der Waals surface area contributed by atoms with E-state index in [1.165, 1.54) is 22.3 Å². The summed E-state index contributed by atoms with van der Waals surface area (Å²) in [6, 6.07) is 35.1. The fourth-order valence-electron chi connectivity index (χ4n) is 3.48. The van der Waals surface area contributed by atoms with Crippen LogP contribution in [-0.4, -0.2) is 0 Å². The molecule has 0 radical (unpaired) electrons. The maximum atomic E-state index is 6.26. The van der Waals surface area contributed by atoms with E-state index in [9.17, 15) is 0 Å². The molecule has 154 valence electrons. The highest BCUT2D eigenvalue weighted by atomic mass is 35.5. The third-order valence-corrected chi connectivity index (χ3v) is 5.54. The van der Waals surface area contributed by atoms with Crippen LogP contribution in [0, 0.1) is 0 Å². The molecule has 1 N–H and O–H groups in total. The molecule has 0 fully saturated rings. The minimum atomic E-state index is 0.627. The van der Waals surface area contributed by atoms with Gasteiger partial charge in [0.15, 0.2) is 0 Å². The minimum absolute atomic E-state index is 0.627. The van der Waals surface area contributed by atoms with Crippen molar-refractivity contribution in [2.24, 2.45) is 0 Å². The molecule has 4 aromatic rings. The number of halogens is 2. The van der Waals surface area contributed by atoms with Gasteiger partial charge in [0.25, 0.3) is 0 Å². The molecule has 3 heteroatoms. The van der Waals surface area contributed by atoms with Crippen molar-refractivity contribution in [3.8, 4) is 11.1 Å². The summed E-state index contributed by atoms with van der Waals surface area (Å²) in [5.74, 6) is 0. The Kier molecular flexibility index (Phi) is 7.09. The van der Waals surface area contributed by atoms with Gasteiger partial charge in [-0.15, -0.1) is 0 Å². The molecule has 1 nitrogen and oxygen atoms in total. The zero-order chi connectivity index (χ0) is 21.5. The molecule has 0 bridgehead atoms. The lowest BCUT2D eigenvalue weighted by Crippen LogP contribution is -2.12. The average molecular weight is 444 g/mol. The molecule has 0 saturated heterocycles. The van der Waals surface area contributed by atoms with Crippen LogP contribution < -0.4 is 5.32 Å². The molecule has 0 unspecified atom stereocenters. The van der Waals surface area contributed by atoms with Crippen molar-refractivity contribution in [2.75, 3.05) is 0 Å².